The highest BCUT2D eigenvalue weighted by Gasteiger charge is 2.28. The Balaban J connectivity index is 1.60. The number of fused-ring (bicyclic) bond motifs is 1. The molecule has 1 aliphatic rings. The van der Waals surface area contributed by atoms with E-state index in [9.17, 15) is 9.81 Å². The first-order valence-electron chi connectivity index (χ1n) is 10.5. The van der Waals surface area contributed by atoms with Crippen molar-refractivity contribution in [1.82, 2.24) is 9.71 Å². The lowest BCUT2D eigenvalue weighted by molar-refractivity contribution is 0.242. The molecule has 0 saturated heterocycles. The van der Waals surface area contributed by atoms with Gasteiger partial charge in [-0.25, -0.2) is 4.98 Å². The summed E-state index contributed by atoms with van der Waals surface area (Å²) in [7, 11) is 0. The van der Waals surface area contributed by atoms with Crippen LogP contribution in [-0.4, -0.2) is 33.1 Å². The third-order valence-corrected chi connectivity index (χ3v) is 7.48. The number of nitriles is 1. The van der Waals surface area contributed by atoms with E-state index < -0.39 is 11.4 Å². The Hall–Kier alpha value is -2.41. The zero-order chi connectivity index (χ0) is 22.7. The Morgan fingerprint density at radius 2 is 2.22 bits per heavy atom. The Bertz CT molecular complexity index is 1140. The van der Waals surface area contributed by atoms with Gasteiger partial charge in [0.1, 0.15) is 22.6 Å². The first-order chi connectivity index (χ1) is 15.5. The van der Waals surface area contributed by atoms with Gasteiger partial charge in [-0.3, -0.25) is 0 Å². The van der Waals surface area contributed by atoms with Gasteiger partial charge in [0.05, 0.1) is 29.2 Å². The number of benzene rings is 2. The Labute approximate surface area is 195 Å². The van der Waals surface area contributed by atoms with E-state index in [0.29, 0.717) is 11.3 Å². The zero-order valence-electron chi connectivity index (χ0n) is 18.0. The topological polar surface area (TPSA) is 101 Å². The van der Waals surface area contributed by atoms with Crippen LogP contribution in [0.5, 0.6) is 5.75 Å². The molecule has 32 heavy (non-hydrogen) atoms. The second-order valence-corrected chi connectivity index (χ2v) is 10.2. The molecule has 0 fully saturated rings. The molecule has 0 bridgehead atoms. The van der Waals surface area contributed by atoms with E-state index in [0.717, 1.165) is 39.4 Å². The van der Waals surface area contributed by atoms with Crippen molar-refractivity contribution in [1.29, 1.82) is 5.26 Å². The summed E-state index contributed by atoms with van der Waals surface area (Å²) in [5.41, 5.74) is 4.94. The first-order valence-corrected chi connectivity index (χ1v) is 12.7. The quantitative estimate of drug-likeness (QED) is 0.477. The van der Waals surface area contributed by atoms with Crippen LogP contribution >= 0.6 is 11.3 Å². The molecule has 3 aromatic rings. The van der Waals surface area contributed by atoms with Gasteiger partial charge in [-0.1, -0.05) is 18.2 Å². The number of hydrogen-bond acceptors (Lipinski definition) is 7. The predicted molar refractivity (Wildman–Crippen MR) is 128 cm³/mol. The predicted octanol–water partition coefficient (Wildman–Crippen LogP) is 4.37. The SMILES string of the molecule is CC(C)Oc1ccc(-c2ncc(-c3cccc4c3CCC4N[S+]([O-])CCO)s2)cc1C#N. The van der Waals surface area contributed by atoms with Crippen LogP contribution in [0.15, 0.2) is 42.6 Å². The smallest absolute Gasteiger partial charge is 0.148 e. The van der Waals surface area contributed by atoms with Crippen molar-refractivity contribution >= 4 is 22.7 Å². The number of aliphatic hydroxyl groups is 1. The number of nitrogens with zero attached hydrogens (tertiary/aromatic N) is 2. The molecule has 0 radical (unpaired) electrons. The average molecular weight is 468 g/mol. The molecule has 0 saturated carbocycles. The van der Waals surface area contributed by atoms with E-state index in [-0.39, 0.29) is 24.5 Å². The number of rotatable bonds is 8. The molecule has 166 valence electrons. The molecule has 1 heterocycles. The number of hydrogen-bond donors (Lipinski definition) is 2. The summed E-state index contributed by atoms with van der Waals surface area (Å²) in [6.45, 7) is 3.77. The van der Waals surface area contributed by atoms with E-state index in [2.05, 4.69) is 27.9 Å². The lowest BCUT2D eigenvalue weighted by Crippen LogP contribution is -2.30. The lowest BCUT2D eigenvalue weighted by Gasteiger charge is -2.16. The van der Waals surface area contributed by atoms with Crippen molar-refractivity contribution in [3.8, 4) is 32.8 Å². The van der Waals surface area contributed by atoms with E-state index in [1.807, 2.05) is 44.3 Å². The number of thiazole rings is 1. The lowest BCUT2D eigenvalue weighted by atomic mass is 10.0. The van der Waals surface area contributed by atoms with E-state index in [4.69, 9.17) is 9.84 Å². The second kappa shape index (κ2) is 10.0. The average Bonchev–Trinajstić information content (AvgIpc) is 3.41. The number of aliphatic hydroxyl groups excluding tert-OH is 1. The Morgan fingerprint density at radius 1 is 1.38 bits per heavy atom. The summed E-state index contributed by atoms with van der Waals surface area (Å²) >= 11 is 0.348. The molecule has 8 heteroatoms. The fourth-order valence-corrected chi connectivity index (χ4v) is 5.76. The van der Waals surface area contributed by atoms with Gasteiger partial charge in [0, 0.05) is 23.1 Å². The highest BCUT2D eigenvalue weighted by atomic mass is 32.2. The summed E-state index contributed by atoms with van der Waals surface area (Å²) < 4.78 is 20.9. The molecule has 1 aromatic heterocycles. The van der Waals surface area contributed by atoms with Gasteiger partial charge in [0.15, 0.2) is 0 Å². The summed E-state index contributed by atoms with van der Waals surface area (Å²) in [6, 6.07) is 14.0. The second-order valence-electron chi connectivity index (χ2n) is 7.87. The molecular weight excluding hydrogens is 442 g/mol. The van der Waals surface area contributed by atoms with Crippen LogP contribution in [0.4, 0.5) is 0 Å². The maximum absolute atomic E-state index is 12.1. The molecule has 0 amide bonds. The van der Waals surface area contributed by atoms with Crippen LogP contribution in [0, 0.1) is 11.3 Å². The van der Waals surface area contributed by atoms with E-state index in [1.165, 1.54) is 5.56 Å². The van der Waals surface area contributed by atoms with Crippen LogP contribution in [-0.2, 0) is 17.8 Å². The summed E-state index contributed by atoms with van der Waals surface area (Å²) in [5.74, 6) is 0.816. The number of aromatic nitrogens is 1. The third-order valence-electron chi connectivity index (χ3n) is 5.30. The standard InChI is InChI=1S/C24H25N3O3S2/c1-15(2)30-22-9-6-16(12-17(22)13-25)24-26-14-23(31-24)20-5-3-4-19-18(20)7-8-21(19)27-32(29)11-10-28/h3-6,9,12,14-15,21,27-28H,7-8,10-11H2,1-2H3. The van der Waals surface area contributed by atoms with E-state index in [1.54, 1.807) is 11.3 Å². The Kier molecular flexibility index (Phi) is 7.13. The first kappa shape index (κ1) is 22.8. The minimum absolute atomic E-state index is 0.000951. The molecule has 2 atom stereocenters. The molecule has 2 aromatic carbocycles. The zero-order valence-corrected chi connectivity index (χ0v) is 19.6. The van der Waals surface area contributed by atoms with Gasteiger partial charge in [-0.05, 0) is 61.6 Å². The molecule has 2 N–H and O–H groups in total. The molecular formula is C24H25N3O3S2. The summed E-state index contributed by atoms with van der Waals surface area (Å²) in [5, 5.41) is 19.4. The van der Waals surface area contributed by atoms with Crippen molar-refractivity contribution in [2.45, 2.75) is 38.8 Å². The van der Waals surface area contributed by atoms with Gasteiger partial charge in [0.2, 0.25) is 0 Å². The highest BCUT2D eigenvalue weighted by Crippen LogP contribution is 2.41. The van der Waals surface area contributed by atoms with Gasteiger partial charge in [-0.15, -0.1) is 16.1 Å². The highest BCUT2D eigenvalue weighted by molar-refractivity contribution is 7.89. The molecule has 0 spiro atoms. The van der Waals surface area contributed by atoms with Crippen LogP contribution in [0.3, 0.4) is 0 Å². The van der Waals surface area contributed by atoms with Crippen LogP contribution in [0.1, 0.15) is 43.0 Å². The molecule has 4 rings (SSSR count). The van der Waals surface area contributed by atoms with Crippen molar-refractivity contribution in [2.24, 2.45) is 0 Å². The van der Waals surface area contributed by atoms with E-state index >= 15 is 0 Å². The van der Waals surface area contributed by atoms with Crippen molar-refractivity contribution in [2.75, 3.05) is 12.4 Å². The van der Waals surface area contributed by atoms with Crippen molar-refractivity contribution < 1.29 is 14.4 Å². The van der Waals surface area contributed by atoms with Crippen molar-refractivity contribution in [3.05, 3.63) is 59.3 Å². The minimum Gasteiger partial charge on any atom is -0.598 e. The fourth-order valence-electron chi connectivity index (χ4n) is 3.95. The number of nitrogens with one attached hydrogen (secondary N) is 1. The van der Waals surface area contributed by atoms with Crippen LogP contribution in [0.25, 0.3) is 21.0 Å². The number of ether oxygens (including phenoxy) is 1. The molecule has 2 unspecified atom stereocenters. The van der Waals surface area contributed by atoms with Gasteiger partial charge in [-0.2, -0.15) is 5.26 Å². The molecule has 1 aliphatic carbocycles. The maximum Gasteiger partial charge on any atom is 0.148 e. The third kappa shape index (κ3) is 4.82. The minimum atomic E-state index is -1.24. The van der Waals surface area contributed by atoms with Gasteiger partial charge < -0.3 is 14.4 Å². The molecule has 6 nitrogen and oxygen atoms in total. The largest absolute Gasteiger partial charge is 0.598 e. The summed E-state index contributed by atoms with van der Waals surface area (Å²) in [4.78, 5) is 5.69. The van der Waals surface area contributed by atoms with Crippen LogP contribution in [0.2, 0.25) is 0 Å². The maximum atomic E-state index is 12.1. The monoisotopic (exact) mass is 467 g/mol. The van der Waals surface area contributed by atoms with Gasteiger partial charge in [0.25, 0.3) is 0 Å². The van der Waals surface area contributed by atoms with Gasteiger partial charge >= 0.3 is 0 Å². The fraction of sp³-hybridized carbons (Fsp3) is 0.333. The normalized spacial score (nSPS) is 16.1. The Morgan fingerprint density at radius 3 is 2.97 bits per heavy atom. The van der Waals surface area contributed by atoms with Crippen LogP contribution < -0.4 is 9.46 Å². The van der Waals surface area contributed by atoms with Crippen molar-refractivity contribution in [3.63, 3.8) is 0 Å². The summed E-state index contributed by atoms with van der Waals surface area (Å²) in [6.07, 6.45) is 3.65. The molecule has 0 aliphatic heterocycles.